The average molecular weight is 320 g/mol. The number of hydrogen-bond donors (Lipinski definition) is 2. The third-order valence-electron chi connectivity index (χ3n) is 2.31. The number of rotatable bonds is 4. The number of carbonyl (C=O) groups is 1. The van der Waals surface area contributed by atoms with E-state index in [0.717, 1.165) is 0 Å². The number of amides is 1. The zero-order chi connectivity index (χ0) is 14.0. The Labute approximate surface area is 118 Å². The summed E-state index contributed by atoms with van der Waals surface area (Å²) in [5.74, 6) is -0.515. The summed E-state index contributed by atoms with van der Waals surface area (Å²) in [6, 6.07) is 4.56. The monoisotopic (exact) mass is 319 g/mol. The van der Waals surface area contributed by atoms with Gasteiger partial charge in [-0.1, -0.05) is 11.3 Å². The summed E-state index contributed by atoms with van der Waals surface area (Å²) in [4.78, 5) is 15.5. The number of nitrogens with zero attached hydrogens (tertiary/aromatic N) is 1. The van der Waals surface area contributed by atoms with Crippen molar-refractivity contribution in [2.75, 3.05) is 18.2 Å². The van der Waals surface area contributed by atoms with E-state index in [2.05, 4.69) is 15.0 Å². The van der Waals surface area contributed by atoms with E-state index in [4.69, 9.17) is 11.6 Å². The Morgan fingerprint density at radius 3 is 2.84 bits per heavy atom. The first-order valence-electron chi connectivity index (χ1n) is 5.16. The molecule has 0 atom stereocenters. The van der Waals surface area contributed by atoms with Gasteiger partial charge in [-0.2, -0.15) is 0 Å². The molecule has 0 spiro atoms. The van der Waals surface area contributed by atoms with Crippen LogP contribution in [-0.4, -0.2) is 32.2 Å². The maximum Gasteiger partial charge on any atom is 0.241 e. The minimum absolute atomic E-state index is 0.154. The highest BCUT2D eigenvalue weighted by molar-refractivity contribution is 7.89. The highest BCUT2D eigenvalue weighted by Crippen LogP contribution is 2.28. The number of alkyl halides is 1. The van der Waals surface area contributed by atoms with Gasteiger partial charge in [-0.25, -0.2) is 18.1 Å². The fourth-order valence-electron chi connectivity index (χ4n) is 1.40. The molecule has 2 aromatic rings. The van der Waals surface area contributed by atoms with Crippen molar-refractivity contribution in [3.05, 3.63) is 18.2 Å². The fourth-order valence-corrected chi connectivity index (χ4v) is 3.21. The van der Waals surface area contributed by atoms with Gasteiger partial charge in [-0.3, -0.25) is 4.79 Å². The zero-order valence-electron chi connectivity index (χ0n) is 9.81. The smallest absolute Gasteiger partial charge is 0.241 e. The number of sulfonamides is 1. The Morgan fingerprint density at radius 1 is 1.47 bits per heavy atom. The summed E-state index contributed by atoms with van der Waals surface area (Å²) < 4.78 is 26.2. The molecular weight excluding hydrogens is 310 g/mol. The lowest BCUT2D eigenvalue weighted by Crippen LogP contribution is -2.18. The van der Waals surface area contributed by atoms with Crippen LogP contribution in [0.3, 0.4) is 0 Å². The third-order valence-corrected chi connectivity index (χ3v) is 4.89. The first-order chi connectivity index (χ1) is 8.96. The minimum Gasteiger partial charge on any atom is -0.301 e. The number of halogens is 1. The lowest BCUT2D eigenvalue weighted by atomic mass is 10.3. The predicted octanol–water partition coefficient (Wildman–Crippen LogP) is 1.38. The number of aromatic nitrogens is 1. The van der Waals surface area contributed by atoms with Crippen LogP contribution in [-0.2, 0) is 14.8 Å². The predicted molar refractivity (Wildman–Crippen MR) is 75.2 cm³/mol. The molecule has 0 unspecified atom stereocenters. The van der Waals surface area contributed by atoms with Gasteiger partial charge in [0.25, 0.3) is 0 Å². The van der Waals surface area contributed by atoms with Crippen molar-refractivity contribution in [2.45, 2.75) is 4.90 Å². The molecule has 1 amide bonds. The number of carbonyl (C=O) groups excluding carboxylic acids is 1. The summed E-state index contributed by atoms with van der Waals surface area (Å²) in [5, 5.41) is 2.91. The Bertz CT molecular complexity index is 727. The van der Waals surface area contributed by atoms with Crippen LogP contribution in [0.2, 0.25) is 0 Å². The van der Waals surface area contributed by atoms with Crippen molar-refractivity contribution in [3.8, 4) is 0 Å². The maximum atomic E-state index is 11.7. The molecule has 9 heteroatoms. The molecule has 2 N–H and O–H groups in total. The Balaban J connectivity index is 2.42. The summed E-state index contributed by atoms with van der Waals surface area (Å²) in [7, 11) is -2.14. The third kappa shape index (κ3) is 3.03. The van der Waals surface area contributed by atoms with Crippen molar-refractivity contribution in [1.82, 2.24) is 9.71 Å². The number of nitrogens with one attached hydrogen (secondary N) is 2. The molecule has 0 aliphatic rings. The van der Waals surface area contributed by atoms with Gasteiger partial charge in [0.1, 0.15) is 5.88 Å². The van der Waals surface area contributed by atoms with E-state index in [1.54, 1.807) is 6.07 Å². The van der Waals surface area contributed by atoms with Crippen molar-refractivity contribution in [2.24, 2.45) is 0 Å². The number of anilines is 1. The lowest BCUT2D eigenvalue weighted by molar-refractivity contribution is -0.113. The molecule has 0 aliphatic heterocycles. The molecule has 102 valence electrons. The number of benzene rings is 1. The molecule has 1 aromatic heterocycles. The molecule has 0 radical (unpaired) electrons. The fraction of sp³-hybridized carbons (Fsp3) is 0.200. The quantitative estimate of drug-likeness (QED) is 0.833. The summed E-state index contributed by atoms with van der Waals surface area (Å²) >= 11 is 6.57. The maximum absolute atomic E-state index is 11.7. The molecule has 0 saturated carbocycles. The highest BCUT2D eigenvalue weighted by atomic mass is 35.5. The first-order valence-corrected chi connectivity index (χ1v) is 7.99. The largest absolute Gasteiger partial charge is 0.301 e. The Morgan fingerprint density at radius 2 is 2.21 bits per heavy atom. The highest BCUT2D eigenvalue weighted by Gasteiger charge is 2.14. The van der Waals surface area contributed by atoms with Gasteiger partial charge >= 0.3 is 0 Å². The molecule has 0 aliphatic carbocycles. The zero-order valence-corrected chi connectivity index (χ0v) is 12.2. The SMILES string of the molecule is CNS(=O)(=O)c1ccc2nc(NC(=O)CCl)sc2c1. The van der Waals surface area contributed by atoms with Gasteiger partial charge in [-0.15, -0.1) is 11.6 Å². The van der Waals surface area contributed by atoms with E-state index in [-0.39, 0.29) is 16.7 Å². The molecule has 2 rings (SSSR count). The van der Waals surface area contributed by atoms with E-state index in [0.29, 0.717) is 15.3 Å². The van der Waals surface area contributed by atoms with Gasteiger partial charge < -0.3 is 5.32 Å². The van der Waals surface area contributed by atoms with E-state index in [9.17, 15) is 13.2 Å². The average Bonchev–Trinajstić information content (AvgIpc) is 2.79. The summed E-state index contributed by atoms with van der Waals surface area (Å²) in [6.07, 6.45) is 0. The second-order valence-electron chi connectivity index (χ2n) is 3.54. The van der Waals surface area contributed by atoms with Crippen molar-refractivity contribution < 1.29 is 13.2 Å². The minimum atomic E-state index is -3.49. The van der Waals surface area contributed by atoms with Crippen LogP contribution in [0.5, 0.6) is 0 Å². The number of fused-ring (bicyclic) bond motifs is 1. The molecular formula is C10H10ClN3O3S2. The molecule has 1 aromatic carbocycles. The molecule has 0 saturated heterocycles. The van der Waals surface area contributed by atoms with Gasteiger partial charge in [0, 0.05) is 0 Å². The molecule has 6 nitrogen and oxygen atoms in total. The van der Waals surface area contributed by atoms with Crippen LogP contribution in [0.4, 0.5) is 5.13 Å². The molecule has 0 bridgehead atoms. The van der Waals surface area contributed by atoms with Crippen LogP contribution < -0.4 is 10.0 Å². The lowest BCUT2D eigenvalue weighted by Gasteiger charge is -2.00. The number of hydrogen-bond acceptors (Lipinski definition) is 5. The van der Waals surface area contributed by atoms with Crippen molar-refractivity contribution >= 4 is 54.2 Å². The second kappa shape index (κ2) is 5.41. The van der Waals surface area contributed by atoms with E-state index in [1.165, 1.54) is 30.5 Å². The van der Waals surface area contributed by atoms with Gasteiger partial charge in [0.05, 0.1) is 15.1 Å². The Hall–Kier alpha value is -1.22. The van der Waals surface area contributed by atoms with Gasteiger partial charge in [0.15, 0.2) is 5.13 Å². The van der Waals surface area contributed by atoms with Crippen LogP contribution in [0.1, 0.15) is 0 Å². The normalized spacial score (nSPS) is 11.7. The van der Waals surface area contributed by atoms with Gasteiger partial charge in [0.2, 0.25) is 15.9 Å². The first kappa shape index (κ1) is 14.2. The summed E-state index contributed by atoms with van der Waals surface area (Å²) in [6.45, 7) is 0. The Kier molecular flexibility index (Phi) is 4.04. The number of thiazole rings is 1. The molecule has 1 heterocycles. The topological polar surface area (TPSA) is 88.2 Å². The molecule has 0 fully saturated rings. The van der Waals surface area contributed by atoms with E-state index >= 15 is 0 Å². The second-order valence-corrected chi connectivity index (χ2v) is 6.72. The van der Waals surface area contributed by atoms with E-state index < -0.39 is 10.0 Å². The van der Waals surface area contributed by atoms with Gasteiger partial charge in [-0.05, 0) is 25.2 Å². The van der Waals surface area contributed by atoms with Crippen molar-refractivity contribution in [3.63, 3.8) is 0 Å². The van der Waals surface area contributed by atoms with Crippen LogP contribution >= 0.6 is 22.9 Å². The van der Waals surface area contributed by atoms with Crippen LogP contribution in [0.15, 0.2) is 23.1 Å². The van der Waals surface area contributed by atoms with E-state index in [1.807, 2.05) is 0 Å². The van der Waals surface area contributed by atoms with Crippen LogP contribution in [0, 0.1) is 0 Å². The standard InChI is InChI=1S/C10H10ClN3O3S2/c1-12-19(16,17)6-2-3-7-8(4-6)18-10(13-7)14-9(15)5-11/h2-4,12H,5H2,1H3,(H,13,14,15). The van der Waals surface area contributed by atoms with Crippen LogP contribution in [0.25, 0.3) is 10.2 Å². The summed E-state index contributed by atoms with van der Waals surface area (Å²) in [5.41, 5.74) is 0.616. The molecule has 19 heavy (non-hydrogen) atoms. The van der Waals surface area contributed by atoms with Crippen molar-refractivity contribution in [1.29, 1.82) is 0 Å².